The zero-order valence-corrected chi connectivity index (χ0v) is 16.6. The summed E-state index contributed by atoms with van der Waals surface area (Å²) in [4.78, 5) is 9.61. The first-order valence-corrected chi connectivity index (χ1v) is 10.4. The summed E-state index contributed by atoms with van der Waals surface area (Å²) in [6.45, 7) is 5.01. The number of thiophene rings is 1. The Morgan fingerprint density at radius 2 is 2.07 bits per heavy atom. The first-order valence-electron chi connectivity index (χ1n) is 8.64. The van der Waals surface area contributed by atoms with Gasteiger partial charge in [0.2, 0.25) is 11.7 Å². The molecule has 0 saturated carbocycles. The van der Waals surface area contributed by atoms with Gasteiger partial charge in [0, 0.05) is 24.5 Å². The Hall–Kier alpha value is -2.52. The highest BCUT2D eigenvalue weighted by Crippen LogP contribution is 2.35. The first-order chi connectivity index (χ1) is 13.3. The fourth-order valence-electron chi connectivity index (χ4n) is 2.63. The van der Waals surface area contributed by atoms with Crippen molar-refractivity contribution in [3.05, 3.63) is 47.9 Å². The highest BCUT2D eigenvalue weighted by Gasteiger charge is 2.21. The van der Waals surface area contributed by atoms with Crippen LogP contribution in [0.15, 0.2) is 51.7 Å². The van der Waals surface area contributed by atoms with Crippen molar-refractivity contribution in [3.8, 4) is 22.1 Å². The van der Waals surface area contributed by atoms with Gasteiger partial charge in [0.05, 0.1) is 10.1 Å². The molecule has 4 aromatic heterocycles. The van der Waals surface area contributed by atoms with E-state index < -0.39 is 0 Å². The van der Waals surface area contributed by atoms with Crippen molar-refractivity contribution in [2.24, 2.45) is 0 Å². The van der Waals surface area contributed by atoms with E-state index in [-0.39, 0.29) is 5.25 Å². The number of nitrogens with zero attached hydrogens (tertiary/aromatic N) is 6. The lowest BCUT2D eigenvalue weighted by atomic mass is 10.2. The number of pyridine rings is 1. The molecule has 0 amide bonds. The van der Waals surface area contributed by atoms with Crippen LogP contribution < -0.4 is 0 Å². The molecule has 0 spiro atoms. The Balaban J connectivity index is 1.58. The van der Waals surface area contributed by atoms with Crippen LogP contribution in [0.3, 0.4) is 0 Å². The number of hydrogen-bond donors (Lipinski definition) is 0. The van der Waals surface area contributed by atoms with Crippen LogP contribution in [0, 0.1) is 0 Å². The molecule has 4 rings (SSSR count). The lowest BCUT2D eigenvalue weighted by Gasteiger charge is -2.10. The Morgan fingerprint density at radius 3 is 2.81 bits per heavy atom. The van der Waals surface area contributed by atoms with Crippen molar-refractivity contribution >= 4 is 23.1 Å². The molecular weight excluding hydrogens is 380 g/mol. The van der Waals surface area contributed by atoms with Gasteiger partial charge in [-0.05, 0) is 36.9 Å². The highest BCUT2D eigenvalue weighted by molar-refractivity contribution is 7.99. The maximum Gasteiger partial charge on any atom is 0.240 e. The molecule has 4 aromatic rings. The SMILES string of the molecule is CCCn1c(SC(C)c2nc(-c3cccs3)no2)nnc1-c1ccncc1. The summed E-state index contributed by atoms with van der Waals surface area (Å²) in [6.07, 6.45) is 4.52. The minimum atomic E-state index is -0.0312. The molecule has 0 bridgehead atoms. The molecule has 27 heavy (non-hydrogen) atoms. The Kier molecular flexibility index (Phi) is 5.30. The summed E-state index contributed by atoms with van der Waals surface area (Å²) in [5, 5.41) is 15.7. The van der Waals surface area contributed by atoms with Crippen molar-refractivity contribution in [3.63, 3.8) is 0 Å². The third-order valence-corrected chi connectivity index (χ3v) is 5.85. The molecule has 1 atom stereocenters. The zero-order chi connectivity index (χ0) is 18.6. The second-order valence-corrected chi connectivity index (χ2v) is 8.14. The second kappa shape index (κ2) is 8.01. The van der Waals surface area contributed by atoms with E-state index >= 15 is 0 Å². The van der Waals surface area contributed by atoms with Crippen LogP contribution in [0.25, 0.3) is 22.1 Å². The van der Waals surface area contributed by atoms with Gasteiger partial charge in [-0.15, -0.1) is 21.5 Å². The molecule has 0 aromatic carbocycles. The zero-order valence-electron chi connectivity index (χ0n) is 14.9. The summed E-state index contributed by atoms with van der Waals surface area (Å²) in [6, 6.07) is 7.84. The van der Waals surface area contributed by atoms with Gasteiger partial charge >= 0.3 is 0 Å². The van der Waals surface area contributed by atoms with Crippen molar-refractivity contribution < 1.29 is 4.52 Å². The monoisotopic (exact) mass is 398 g/mol. The van der Waals surface area contributed by atoms with E-state index in [1.807, 2.05) is 36.6 Å². The Morgan fingerprint density at radius 1 is 1.22 bits per heavy atom. The van der Waals surface area contributed by atoms with E-state index in [0.29, 0.717) is 11.7 Å². The Labute approximate surface area is 164 Å². The van der Waals surface area contributed by atoms with Crippen molar-refractivity contribution in [1.82, 2.24) is 29.9 Å². The van der Waals surface area contributed by atoms with Crippen LogP contribution in [0.4, 0.5) is 0 Å². The lowest BCUT2D eigenvalue weighted by molar-refractivity contribution is 0.380. The number of aromatic nitrogens is 6. The molecule has 7 nitrogen and oxygen atoms in total. The van der Waals surface area contributed by atoms with Crippen molar-refractivity contribution in [1.29, 1.82) is 0 Å². The minimum Gasteiger partial charge on any atom is -0.338 e. The van der Waals surface area contributed by atoms with E-state index in [1.54, 1.807) is 35.5 Å². The minimum absolute atomic E-state index is 0.0312. The van der Waals surface area contributed by atoms with Gasteiger partial charge in [-0.3, -0.25) is 4.98 Å². The summed E-state index contributed by atoms with van der Waals surface area (Å²) in [5.74, 6) is 2.05. The molecule has 0 N–H and O–H groups in total. The van der Waals surface area contributed by atoms with Gasteiger partial charge in [0.25, 0.3) is 0 Å². The molecule has 0 saturated heterocycles. The molecule has 1 unspecified atom stereocenters. The van der Waals surface area contributed by atoms with Crippen molar-refractivity contribution in [2.45, 2.75) is 37.2 Å². The van der Waals surface area contributed by atoms with Crippen molar-refractivity contribution in [2.75, 3.05) is 0 Å². The average Bonchev–Trinajstić information content (AvgIpc) is 3.44. The molecule has 0 aliphatic carbocycles. The standard InChI is InChI=1S/C18H18N6OS2/c1-3-10-24-16(13-6-8-19-9-7-13)21-22-18(24)27-12(2)17-20-15(23-25-17)14-5-4-11-26-14/h4-9,11-12H,3,10H2,1-2H3. The summed E-state index contributed by atoms with van der Waals surface area (Å²) < 4.78 is 7.60. The maximum atomic E-state index is 5.47. The maximum absolute atomic E-state index is 5.47. The van der Waals surface area contributed by atoms with E-state index in [2.05, 4.69) is 36.8 Å². The van der Waals surface area contributed by atoms with Crippen LogP contribution >= 0.6 is 23.1 Å². The lowest BCUT2D eigenvalue weighted by Crippen LogP contribution is -2.03. The van der Waals surface area contributed by atoms with E-state index in [1.165, 1.54) is 0 Å². The molecule has 138 valence electrons. The predicted octanol–water partition coefficient (Wildman–Crippen LogP) is 4.71. The largest absolute Gasteiger partial charge is 0.338 e. The van der Waals surface area contributed by atoms with E-state index in [0.717, 1.165) is 34.4 Å². The quantitative estimate of drug-likeness (QED) is 0.417. The fraction of sp³-hybridized carbons (Fsp3) is 0.278. The number of thioether (sulfide) groups is 1. The van der Waals surface area contributed by atoms with E-state index in [9.17, 15) is 0 Å². The molecule has 9 heteroatoms. The van der Waals surface area contributed by atoms with Gasteiger partial charge in [0.1, 0.15) is 0 Å². The van der Waals surface area contributed by atoms with Crippen LogP contribution in [-0.2, 0) is 6.54 Å². The van der Waals surface area contributed by atoms with Crippen LogP contribution in [0.5, 0.6) is 0 Å². The predicted molar refractivity (Wildman–Crippen MR) is 105 cm³/mol. The second-order valence-electron chi connectivity index (χ2n) is 5.89. The molecular formula is C18H18N6OS2. The van der Waals surface area contributed by atoms with Crippen LogP contribution in [0.2, 0.25) is 0 Å². The van der Waals surface area contributed by atoms with Gasteiger partial charge in [-0.2, -0.15) is 4.98 Å². The highest BCUT2D eigenvalue weighted by atomic mass is 32.2. The first kappa shape index (κ1) is 17.9. The average molecular weight is 399 g/mol. The Bertz CT molecular complexity index is 996. The summed E-state index contributed by atoms with van der Waals surface area (Å²) >= 11 is 3.16. The topological polar surface area (TPSA) is 82.5 Å². The summed E-state index contributed by atoms with van der Waals surface area (Å²) in [5.41, 5.74) is 1.00. The molecule has 4 heterocycles. The van der Waals surface area contributed by atoms with E-state index in [4.69, 9.17) is 4.52 Å². The number of rotatable bonds is 7. The third-order valence-electron chi connectivity index (χ3n) is 3.92. The third kappa shape index (κ3) is 3.79. The normalized spacial score (nSPS) is 12.4. The smallest absolute Gasteiger partial charge is 0.240 e. The molecule has 0 aliphatic rings. The van der Waals surface area contributed by atoms with Gasteiger partial charge in [0.15, 0.2) is 11.0 Å². The van der Waals surface area contributed by atoms with Gasteiger partial charge < -0.3 is 9.09 Å². The fourth-order valence-corrected chi connectivity index (χ4v) is 4.19. The summed E-state index contributed by atoms with van der Waals surface area (Å²) in [7, 11) is 0. The van der Waals surface area contributed by atoms with Gasteiger partial charge in [-0.1, -0.05) is 29.9 Å². The molecule has 0 radical (unpaired) electrons. The molecule has 0 aliphatic heterocycles. The van der Waals surface area contributed by atoms with Crippen LogP contribution in [-0.4, -0.2) is 29.9 Å². The molecule has 0 fully saturated rings. The number of hydrogen-bond acceptors (Lipinski definition) is 8. The van der Waals surface area contributed by atoms with Gasteiger partial charge in [-0.25, -0.2) is 0 Å². The van der Waals surface area contributed by atoms with Crippen LogP contribution in [0.1, 0.15) is 31.4 Å².